The summed E-state index contributed by atoms with van der Waals surface area (Å²) in [6, 6.07) is 0. The first-order valence-electron chi connectivity index (χ1n) is 6.36. The molecule has 0 aliphatic heterocycles. The summed E-state index contributed by atoms with van der Waals surface area (Å²) in [5.74, 6) is 0.400. The summed E-state index contributed by atoms with van der Waals surface area (Å²) >= 11 is 0. The highest BCUT2D eigenvalue weighted by molar-refractivity contribution is 6.74. The average molecular weight is 257 g/mol. The summed E-state index contributed by atoms with van der Waals surface area (Å²) in [6.07, 6.45) is 1.10. The third-order valence-electron chi connectivity index (χ3n) is 4.43. The Labute approximate surface area is 106 Å². The van der Waals surface area contributed by atoms with Crippen LogP contribution in [0.3, 0.4) is 0 Å². The van der Waals surface area contributed by atoms with E-state index in [0.717, 1.165) is 12.1 Å². The van der Waals surface area contributed by atoms with Crippen molar-refractivity contribution in [3.8, 4) is 0 Å². The topological polar surface area (TPSA) is 41.8 Å². The Morgan fingerprint density at radius 3 is 2.18 bits per heavy atom. The van der Waals surface area contributed by atoms with Crippen molar-refractivity contribution < 1.29 is 9.63 Å². The van der Waals surface area contributed by atoms with Crippen LogP contribution in [0.5, 0.6) is 0 Å². The molecule has 0 aromatic rings. The highest BCUT2D eigenvalue weighted by atomic mass is 28.4. The normalized spacial score (nSPS) is 24.9. The van der Waals surface area contributed by atoms with Gasteiger partial charge in [-0.05, 0) is 30.0 Å². The fourth-order valence-corrected chi connectivity index (χ4v) is 2.65. The highest BCUT2D eigenvalue weighted by Gasteiger charge is 2.49. The maximum Gasteiger partial charge on any atom is 0.192 e. The van der Waals surface area contributed by atoms with Gasteiger partial charge in [0.1, 0.15) is 0 Å². The van der Waals surface area contributed by atoms with E-state index in [4.69, 9.17) is 9.63 Å². The zero-order valence-electron chi connectivity index (χ0n) is 12.3. The molecule has 1 aliphatic rings. The summed E-state index contributed by atoms with van der Waals surface area (Å²) < 4.78 is 6.09. The first-order chi connectivity index (χ1) is 7.51. The molecule has 1 N–H and O–H groups in total. The molecule has 1 fully saturated rings. The van der Waals surface area contributed by atoms with Gasteiger partial charge in [0, 0.05) is 5.92 Å². The van der Waals surface area contributed by atoms with Gasteiger partial charge in [-0.15, -0.1) is 0 Å². The molecule has 4 heteroatoms. The second-order valence-corrected chi connectivity index (χ2v) is 12.2. The Kier molecular flexibility index (Phi) is 3.80. The number of oxime groups is 1. The number of hydrogen-bond acceptors (Lipinski definition) is 3. The Morgan fingerprint density at radius 1 is 1.41 bits per heavy atom. The predicted molar refractivity (Wildman–Crippen MR) is 74.3 cm³/mol. The molecular formula is C13H27NO2Si. The lowest BCUT2D eigenvalue weighted by Gasteiger charge is -2.36. The van der Waals surface area contributed by atoms with Gasteiger partial charge in [0.25, 0.3) is 0 Å². The van der Waals surface area contributed by atoms with Crippen LogP contribution in [0.2, 0.25) is 18.1 Å². The molecule has 0 bridgehead atoms. The minimum atomic E-state index is -1.74. The van der Waals surface area contributed by atoms with E-state index in [1.54, 1.807) is 0 Å². The molecular weight excluding hydrogens is 230 g/mol. The van der Waals surface area contributed by atoms with Gasteiger partial charge in [-0.25, -0.2) is 0 Å². The fraction of sp³-hybridized carbons (Fsp3) is 0.923. The van der Waals surface area contributed by atoms with Crippen LogP contribution in [0.4, 0.5) is 0 Å². The maximum absolute atomic E-state index is 9.09. The van der Waals surface area contributed by atoms with E-state index in [1.165, 1.54) is 0 Å². The summed E-state index contributed by atoms with van der Waals surface area (Å²) in [5.41, 5.74) is 1.11. The van der Waals surface area contributed by atoms with Gasteiger partial charge in [0.15, 0.2) is 8.32 Å². The largest absolute Gasteiger partial charge is 0.411 e. The fourth-order valence-electron chi connectivity index (χ4n) is 1.71. The van der Waals surface area contributed by atoms with Crippen molar-refractivity contribution in [2.45, 2.75) is 59.2 Å². The summed E-state index contributed by atoms with van der Waals surface area (Å²) in [7, 11) is -1.74. The van der Waals surface area contributed by atoms with Crippen LogP contribution in [0.25, 0.3) is 0 Å². The minimum Gasteiger partial charge on any atom is -0.411 e. The second-order valence-electron chi connectivity index (χ2n) is 7.39. The molecule has 1 rings (SSSR count). The van der Waals surface area contributed by atoms with E-state index in [9.17, 15) is 0 Å². The molecule has 1 atom stereocenters. The van der Waals surface area contributed by atoms with Crippen LogP contribution in [0, 0.1) is 11.3 Å². The Morgan fingerprint density at radius 2 is 1.88 bits per heavy atom. The van der Waals surface area contributed by atoms with Crippen molar-refractivity contribution in [3.63, 3.8) is 0 Å². The third kappa shape index (κ3) is 3.32. The smallest absolute Gasteiger partial charge is 0.192 e. The quantitative estimate of drug-likeness (QED) is 0.359. The van der Waals surface area contributed by atoms with E-state index in [2.05, 4.69) is 52.9 Å². The van der Waals surface area contributed by atoms with Crippen LogP contribution >= 0.6 is 0 Å². The minimum absolute atomic E-state index is 0.201. The van der Waals surface area contributed by atoms with Gasteiger partial charge < -0.3 is 9.63 Å². The third-order valence-corrected chi connectivity index (χ3v) is 8.91. The van der Waals surface area contributed by atoms with Crippen LogP contribution in [-0.4, -0.2) is 25.8 Å². The molecule has 0 aromatic carbocycles. The van der Waals surface area contributed by atoms with Crippen LogP contribution in [0.1, 0.15) is 41.0 Å². The van der Waals surface area contributed by atoms with Gasteiger partial charge >= 0.3 is 0 Å². The first kappa shape index (κ1) is 14.7. The van der Waals surface area contributed by atoms with Crippen molar-refractivity contribution in [1.82, 2.24) is 0 Å². The Hall–Kier alpha value is -0.353. The molecule has 0 heterocycles. The van der Waals surface area contributed by atoms with Gasteiger partial charge in [-0.3, -0.25) is 0 Å². The lowest BCUT2D eigenvalue weighted by molar-refractivity contribution is 0.295. The maximum atomic E-state index is 9.09. The predicted octanol–water partition coefficient (Wildman–Crippen LogP) is 3.88. The van der Waals surface area contributed by atoms with Gasteiger partial charge in [-0.2, -0.15) is 0 Å². The van der Waals surface area contributed by atoms with E-state index < -0.39 is 8.32 Å². The van der Waals surface area contributed by atoms with E-state index >= 15 is 0 Å². The van der Waals surface area contributed by atoms with Crippen LogP contribution < -0.4 is 0 Å². The number of hydrogen-bond donors (Lipinski definition) is 1. The molecule has 17 heavy (non-hydrogen) atoms. The Bertz CT molecular complexity index is 316. The SMILES string of the molecule is CC1(C)CC1C(CO[Si](C)(C)C(C)(C)C)=NO. The molecule has 0 saturated heterocycles. The van der Waals surface area contributed by atoms with Crippen LogP contribution in [0.15, 0.2) is 5.16 Å². The van der Waals surface area contributed by atoms with Crippen LogP contribution in [-0.2, 0) is 4.43 Å². The molecule has 0 amide bonds. The molecule has 1 saturated carbocycles. The second kappa shape index (κ2) is 4.39. The van der Waals surface area contributed by atoms with Crippen molar-refractivity contribution in [3.05, 3.63) is 0 Å². The molecule has 3 nitrogen and oxygen atoms in total. The molecule has 1 unspecified atom stereocenters. The highest BCUT2D eigenvalue weighted by Crippen LogP contribution is 2.52. The van der Waals surface area contributed by atoms with E-state index in [0.29, 0.717) is 17.9 Å². The molecule has 1 aliphatic carbocycles. The summed E-state index contributed by atoms with van der Waals surface area (Å²) in [5, 5.41) is 12.7. The van der Waals surface area contributed by atoms with Gasteiger partial charge in [0.05, 0.1) is 12.3 Å². The monoisotopic (exact) mass is 257 g/mol. The van der Waals surface area contributed by atoms with Crippen molar-refractivity contribution in [2.24, 2.45) is 16.5 Å². The molecule has 0 spiro atoms. The summed E-state index contributed by atoms with van der Waals surface area (Å²) in [4.78, 5) is 0. The zero-order chi connectivity index (χ0) is 13.5. The number of nitrogens with zero attached hydrogens (tertiary/aromatic N) is 1. The van der Waals surface area contributed by atoms with Crippen molar-refractivity contribution in [1.29, 1.82) is 0 Å². The molecule has 100 valence electrons. The van der Waals surface area contributed by atoms with E-state index in [-0.39, 0.29) is 5.04 Å². The molecule has 0 aromatic heterocycles. The number of rotatable bonds is 4. The lowest BCUT2D eigenvalue weighted by Crippen LogP contribution is -2.42. The first-order valence-corrected chi connectivity index (χ1v) is 9.27. The standard InChI is InChI=1S/C13H27NO2Si/c1-12(2,3)17(6,7)16-9-11(14-15)10-8-13(10,4)5/h10,15H,8-9H2,1-7H3. The van der Waals surface area contributed by atoms with Gasteiger partial charge in [0.2, 0.25) is 0 Å². The van der Waals surface area contributed by atoms with Crippen molar-refractivity contribution in [2.75, 3.05) is 6.61 Å². The summed E-state index contributed by atoms with van der Waals surface area (Å²) in [6.45, 7) is 16.0. The zero-order valence-corrected chi connectivity index (χ0v) is 13.3. The van der Waals surface area contributed by atoms with Crippen molar-refractivity contribution >= 4 is 14.0 Å². The van der Waals surface area contributed by atoms with Gasteiger partial charge in [-0.1, -0.05) is 39.8 Å². The Balaban J connectivity index is 2.56. The average Bonchev–Trinajstić information content (AvgIpc) is 2.74. The van der Waals surface area contributed by atoms with E-state index in [1.807, 2.05) is 0 Å². The lowest BCUT2D eigenvalue weighted by atomic mass is 10.1. The molecule has 0 radical (unpaired) electrons.